The second-order valence-corrected chi connectivity index (χ2v) is 6.98. The Morgan fingerprint density at radius 1 is 1.25 bits per heavy atom. The minimum absolute atomic E-state index is 0.0197. The molecular formula is C19H23ClN4O4. The zero-order valence-corrected chi connectivity index (χ0v) is 16.0. The Hall–Kier alpha value is -2.39. The number of hydrogen-bond donors (Lipinski definition) is 5. The Balaban J connectivity index is 1.91. The van der Waals surface area contributed by atoms with Crippen LogP contribution in [0.2, 0.25) is 5.15 Å². The molecule has 1 aromatic heterocycles. The van der Waals surface area contributed by atoms with E-state index in [9.17, 15) is 15.3 Å². The summed E-state index contributed by atoms with van der Waals surface area (Å²) < 4.78 is 5.34. The van der Waals surface area contributed by atoms with Crippen LogP contribution in [0.5, 0.6) is 5.75 Å². The van der Waals surface area contributed by atoms with Crippen molar-refractivity contribution in [2.45, 2.75) is 24.7 Å². The van der Waals surface area contributed by atoms with Crippen LogP contribution in [0.3, 0.4) is 0 Å². The zero-order valence-electron chi connectivity index (χ0n) is 15.3. The van der Waals surface area contributed by atoms with E-state index in [2.05, 4.69) is 15.3 Å². The number of nitrogen functional groups attached to an aromatic ring is 1. The van der Waals surface area contributed by atoms with Gasteiger partial charge in [-0.25, -0.2) is 4.98 Å². The highest BCUT2D eigenvalue weighted by Crippen LogP contribution is 2.32. The highest BCUT2D eigenvalue weighted by Gasteiger charge is 2.41. The molecule has 0 unspecified atom stereocenters. The molecule has 150 valence electrons. The zero-order chi connectivity index (χ0) is 20.3. The quantitative estimate of drug-likeness (QED) is 0.454. The van der Waals surface area contributed by atoms with Gasteiger partial charge in [0.2, 0.25) is 5.95 Å². The van der Waals surface area contributed by atoms with E-state index >= 15 is 0 Å². The third-order valence-electron chi connectivity index (χ3n) is 4.84. The van der Waals surface area contributed by atoms with E-state index in [4.69, 9.17) is 22.1 Å². The van der Waals surface area contributed by atoms with Crippen LogP contribution in [0.4, 0.5) is 11.8 Å². The number of nitrogens with two attached hydrogens (primary N) is 1. The maximum atomic E-state index is 10.3. The van der Waals surface area contributed by atoms with Crippen molar-refractivity contribution in [2.75, 3.05) is 24.8 Å². The molecule has 8 nitrogen and oxygen atoms in total. The Labute approximate surface area is 167 Å². The van der Waals surface area contributed by atoms with Gasteiger partial charge in [-0.3, -0.25) is 0 Å². The monoisotopic (exact) mass is 406 g/mol. The Morgan fingerprint density at radius 2 is 2.00 bits per heavy atom. The fraction of sp³-hybridized carbons (Fsp3) is 0.368. The number of para-hydroxylation sites is 1. The molecule has 4 atom stereocenters. The van der Waals surface area contributed by atoms with E-state index < -0.39 is 24.2 Å². The molecule has 0 radical (unpaired) electrons. The topological polar surface area (TPSA) is 134 Å². The number of aliphatic hydroxyl groups excluding tert-OH is 3. The fourth-order valence-corrected chi connectivity index (χ4v) is 3.56. The van der Waals surface area contributed by atoms with Gasteiger partial charge in [-0.05, 0) is 18.6 Å². The van der Waals surface area contributed by atoms with Crippen LogP contribution in [0.1, 0.15) is 17.5 Å². The predicted molar refractivity (Wildman–Crippen MR) is 108 cm³/mol. The van der Waals surface area contributed by atoms with Crippen molar-refractivity contribution < 1.29 is 20.1 Å². The van der Waals surface area contributed by atoms with Crippen LogP contribution in [0.25, 0.3) is 12.2 Å². The summed E-state index contributed by atoms with van der Waals surface area (Å²) in [5.74, 6) is 0.586. The first kappa shape index (κ1) is 20.3. The summed E-state index contributed by atoms with van der Waals surface area (Å²) in [7, 11) is 1.59. The van der Waals surface area contributed by atoms with E-state index in [-0.39, 0.29) is 17.7 Å². The van der Waals surface area contributed by atoms with Gasteiger partial charge in [-0.1, -0.05) is 35.9 Å². The average Bonchev–Trinajstić information content (AvgIpc) is 2.95. The van der Waals surface area contributed by atoms with Crippen LogP contribution in [0, 0.1) is 5.92 Å². The van der Waals surface area contributed by atoms with Crippen LogP contribution in [0.15, 0.2) is 24.3 Å². The smallest absolute Gasteiger partial charge is 0.223 e. The molecule has 0 aliphatic heterocycles. The number of ether oxygens (including phenoxy) is 1. The van der Waals surface area contributed by atoms with Gasteiger partial charge in [0.25, 0.3) is 0 Å². The minimum Gasteiger partial charge on any atom is -0.496 e. The Bertz CT molecular complexity index is 864. The number of benzene rings is 1. The number of aliphatic hydroxyl groups is 3. The summed E-state index contributed by atoms with van der Waals surface area (Å²) in [6, 6.07) is 6.96. The standard InChI is InChI=1S/C19H23ClN4O4/c1-28-14-5-3-2-4-10(14)6-7-12-17(20)23-19(21)24-18(12)22-13-8-11(9-25)15(26)16(13)27/h2-7,11,13,15-16,25-27H,8-9H2,1H3,(H3,21,22,23,24)/t11-,13-,15-,16+/m1/s1. The molecular weight excluding hydrogens is 384 g/mol. The van der Waals surface area contributed by atoms with E-state index in [0.29, 0.717) is 23.6 Å². The molecule has 28 heavy (non-hydrogen) atoms. The van der Waals surface area contributed by atoms with Gasteiger partial charge in [0.05, 0.1) is 24.8 Å². The third kappa shape index (κ3) is 4.20. The number of anilines is 2. The second-order valence-electron chi connectivity index (χ2n) is 6.62. The van der Waals surface area contributed by atoms with Gasteiger partial charge in [-0.2, -0.15) is 4.98 Å². The van der Waals surface area contributed by atoms with E-state index in [0.717, 1.165) is 5.56 Å². The van der Waals surface area contributed by atoms with Gasteiger partial charge in [0.15, 0.2) is 0 Å². The molecule has 0 amide bonds. The summed E-state index contributed by atoms with van der Waals surface area (Å²) in [5.41, 5.74) is 7.04. The Kier molecular flexibility index (Phi) is 6.35. The van der Waals surface area contributed by atoms with Crippen molar-refractivity contribution in [1.29, 1.82) is 0 Å². The van der Waals surface area contributed by atoms with Crippen molar-refractivity contribution in [3.63, 3.8) is 0 Å². The van der Waals surface area contributed by atoms with Crippen LogP contribution < -0.4 is 15.8 Å². The molecule has 9 heteroatoms. The summed E-state index contributed by atoms with van der Waals surface area (Å²) in [6.45, 7) is -0.219. The lowest BCUT2D eigenvalue weighted by atomic mass is 10.1. The van der Waals surface area contributed by atoms with Crippen molar-refractivity contribution in [1.82, 2.24) is 9.97 Å². The maximum Gasteiger partial charge on any atom is 0.223 e. The lowest BCUT2D eigenvalue weighted by Gasteiger charge is -2.20. The molecule has 1 heterocycles. The summed E-state index contributed by atoms with van der Waals surface area (Å²) >= 11 is 6.28. The highest BCUT2D eigenvalue weighted by atomic mass is 35.5. The lowest BCUT2D eigenvalue weighted by Crippen LogP contribution is -2.35. The van der Waals surface area contributed by atoms with Crippen molar-refractivity contribution in [3.05, 3.63) is 40.5 Å². The first-order chi connectivity index (χ1) is 13.4. The summed E-state index contributed by atoms with van der Waals surface area (Å²) in [6.07, 6.45) is 1.82. The molecule has 0 saturated heterocycles. The fourth-order valence-electron chi connectivity index (χ4n) is 3.32. The van der Waals surface area contributed by atoms with Crippen LogP contribution >= 0.6 is 11.6 Å². The van der Waals surface area contributed by atoms with Gasteiger partial charge in [0.1, 0.15) is 22.8 Å². The molecule has 2 aromatic rings. The molecule has 1 aliphatic rings. The molecule has 0 bridgehead atoms. The number of nitrogens with one attached hydrogen (secondary N) is 1. The van der Waals surface area contributed by atoms with Gasteiger partial charge in [-0.15, -0.1) is 0 Å². The highest BCUT2D eigenvalue weighted by molar-refractivity contribution is 6.31. The van der Waals surface area contributed by atoms with Crippen LogP contribution in [-0.4, -0.2) is 57.3 Å². The molecule has 1 aromatic carbocycles. The molecule has 1 fully saturated rings. The molecule has 6 N–H and O–H groups in total. The van der Waals surface area contributed by atoms with Gasteiger partial charge >= 0.3 is 0 Å². The predicted octanol–water partition coefficient (Wildman–Crippen LogP) is 1.41. The normalized spacial score (nSPS) is 24.6. The van der Waals surface area contributed by atoms with E-state index in [1.807, 2.05) is 24.3 Å². The number of aromatic nitrogens is 2. The molecule has 1 aliphatic carbocycles. The summed E-state index contributed by atoms with van der Waals surface area (Å²) in [4.78, 5) is 8.18. The maximum absolute atomic E-state index is 10.3. The first-order valence-electron chi connectivity index (χ1n) is 8.82. The number of halogens is 1. The molecule has 0 spiro atoms. The van der Waals surface area contributed by atoms with Crippen molar-refractivity contribution in [3.8, 4) is 5.75 Å². The van der Waals surface area contributed by atoms with Gasteiger partial charge < -0.3 is 31.1 Å². The number of hydrogen-bond acceptors (Lipinski definition) is 8. The van der Waals surface area contributed by atoms with Gasteiger partial charge in [0, 0.05) is 18.1 Å². The molecule has 1 saturated carbocycles. The minimum atomic E-state index is -1.06. The Morgan fingerprint density at radius 3 is 2.68 bits per heavy atom. The van der Waals surface area contributed by atoms with E-state index in [1.54, 1.807) is 19.3 Å². The number of rotatable bonds is 6. The number of nitrogens with zero attached hydrogens (tertiary/aromatic N) is 2. The SMILES string of the molecule is COc1ccccc1C=Cc1c(Cl)nc(N)nc1N[C@@H]1C[C@H](CO)[C@@H](O)[C@H]1O. The average molecular weight is 407 g/mol. The number of methoxy groups -OCH3 is 1. The first-order valence-corrected chi connectivity index (χ1v) is 9.20. The molecule has 3 rings (SSSR count). The van der Waals surface area contributed by atoms with Crippen LogP contribution in [-0.2, 0) is 0 Å². The lowest BCUT2D eigenvalue weighted by molar-refractivity contribution is 0.00445. The second kappa shape index (κ2) is 8.74. The van der Waals surface area contributed by atoms with Crippen molar-refractivity contribution in [2.24, 2.45) is 5.92 Å². The van der Waals surface area contributed by atoms with E-state index in [1.165, 1.54) is 0 Å². The van der Waals surface area contributed by atoms with Crippen molar-refractivity contribution >= 4 is 35.5 Å². The summed E-state index contributed by atoms with van der Waals surface area (Å²) in [5, 5.41) is 32.9. The largest absolute Gasteiger partial charge is 0.496 e. The third-order valence-corrected chi connectivity index (χ3v) is 5.13.